The molecule has 18 heavy (non-hydrogen) atoms. The number of carbonyl (C=O) groups excluding carboxylic acids is 2. The number of nitrogens with two attached hydrogens (primary N) is 1. The molecule has 0 saturated carbocycles. The minimum Gasteiger partial charge on any atom is -0.484 e. The molecule has 5 heteroatoms. The third-order valence-electron chi connectivity index (χ3n) is 3.01. The minimum atomic E-state index is -0.475. The maximum Gasteiger partial charge on any atom is 0.261 e. The Balaban J connectivity index is 1.90. The molecule has 1 aromatic carbocycles. The Bertz CT molecular complexity index is 433. The fourth-order valence-electron chi connectivity index (χ4n) is 2.11. The number of amides is 2. The van der Waals surface area contributed by atoms with Crippen LogP contribution >= 0.6 is 0 Å². The summed E-state index contributed by atoms with van der Waals surface area (Å²) in [4.78, 5) is 24.6. The standard InChI is InChI=1S/C13H16N2O3/c14-13(17)11-7-4-8-15(11)12(16)9-18-10-5-2-1-3-6-10/h1-3,5-6,11H,4,7-9H2,(H2,14,17). The molecule has 5 nitrogen and oxygen atoms in total. The lowest BCUT2D eigenvalue weighted by Gasteiger charge is -2.22. The number of para-hydroxylation sites is 1. The van der Waals surface area contributed by atoms with Crippen molar-refractivity contribution in [3.8, 4) is 5.75 Å². The van der Waals surface area contributed by atoms with E-state index >= 15 is 0 Å². The van der Waals surface area contributed by atoms with E-state index in [4.69, 9.17) is 10.5 Å². The first-order valence-corrected chi connectivity index (χ1v) is 5.95. The molecule has 1 aliphatic rings. The van der Waals surface area contributed by atoms with Crippen LogP contribution in [0.15, 0.2) is 30.3 Å². The number of hydrogen-bond acceptors (Lipinski definition) is 3. The number of benzene rings is 1. The Morgan fingerprint density at radius 1 is 1.33 bits per heavy atom. The summed E-state index contributed by atoms with van der Waals surface area (Å²) in [7, 11) is 0. The van der Waals surface area contributed by atoms with Crippen molar-refractivity contribution >= 4 is 11.8 Å². The van der Waals surface area contributed by atoms with Crippen LogP contribution in [0, 0.1) is 0 Å². The number of likely N-dealkylation sites (tertiary alicyclic amines) is 1. The highest BCUT2D eigenvalue weighted by atomic mass is 16.5. The minimum absolute atomic E-state index is 0.0617. The van der Waals surface area contributed by atoms with Gasteiger partial charge in [0.25, 0.3) is 5.91 Å². The van der Waals surface area contributed by atoms with Gasteiger partial charge in [-0.2, -0.15) is 0 Å². The van der Waals surface area contributed by atoms with Gasteiger partial charge in [-0.15, -0.1) is 0 Å². The van der Waals surface area contributed by atoms with Crippen LogP contribution in [0.4, 0.5) is 0 Å². The topological polar surface area (TPSA) is 72.6 Å². The highest BCUT2D eigenvalue weighted by molar-refractivity contribution is 5.87. The maximum absolute atomic E-state index is 11.9. The van der Waals surface area contributed by atoms with Gasteiger partial charge in [0.1, 0.15) is 11.8 Å². The average molecular weight is 248 g/mol. The van der Waals surface area contributed by atoms with Gasteiger partial charge in [0, 0.05) is 6.54 Å². The molecule has 2 rings (SSSR count). The second kappa shape index (κ2) is 5.53. The van der Waals surface area contributed by atoms with Crippen molar-refractivity contribution in [1.29, 1.82) is 0 Å². The Labute approximate surface area is 106 Å². The zero-order valence-electron chi connectivity index (χ0n) is 10.0. The second-order valence-corrected chi connectivity index (χ2v) is 4.25. The van der Waals surface area contributed by atoms with E-state index in [0.717, 1.165) is 6.42 Å². The number of primary amides is 1. The fourth-order valence-corrected chi connectivity index (χ4v) is 2.11. The first kappa shape index (κ1) is 12.4. The smallest absolute Gasteiger partial charge is 0.261 e. The fraction of sp³-hybridized carbons (Fsp3) is 0.385. The van der Waals surface area contributed by atoms with E-state index in [2.05, 4.69) is 0 Å². The number of hydrogen-bond donors (Lipinski definition) is 1. The summed E-state index contributed by atoms with van der Waals surface area (Å²) in [6.45, 7) is 0.512. The van der Waals surface area contributed by atoms with Gasteiger partial charge in [-0.25, -0.2) is 0 Å². The van der Waals surface area contributed by atoms with E-state index in [1.54, 1.807) is 12.1 Å². The number of ether oxygens (including phenoxy) is 1. The Morgan fingerprint density at radius 2 is 2.06 bits per heavy atom. The van der Waals surface area contributed by atoms with E-state index in [0.29, 0.717) is 18.7 Å². The van der Waals surface area contributed by atoms with E-state index in [1.807, 2.05) is 18.2 Å². The first-order chi connectivity index (χ1) is 8.68. The molecule has 2 amide bonds. The van der Waals surface area contributed by atoms with E-state index < -0.39 is 11.9 Å². The van der Waals surface area contributed by atoms with Crippen LogP contribution in [-0.4, -0.2) is 35.9 Å². The maximum atomic E-state index is 11.9. The van der Waals surface area contributed by atoms with Gasteiger partial charge in [0.05, 0.1) is 0 Å². The largest absolute Gasteiger partial charge is 0.484 e. The lowest BCUT2D eigenvalue weighted by Crippen LogP contribution is -2.45. The molecule has 0 aliphatic carbocycles. The normalized spacial score (nSPS) is 18.7. The van der Waals surface area contributed by atoms with Crippen molar-refractivity contribution in [2.24, 2.45) is 5.73 Å². The second-order valence-electron chi connectivity index (χ2n) is 4.25. The van der Waals surface area contributed by atoms with E-state index in [1.165, 1.54) is 4.90 Å². The van der Waals surface area contributed by atoms with Gasteiger partial charge < -0.3 is 15.4 Å². The van der Waals surface area contributed by atoms with Crippen LogP contribution in [0.1, 0.15) is 12.8 Å². The monoisotopic (exact) mass is 248 g/mol. The van der Waals surface area contributed by atoms with Crippen molar-refractivity contribution in [3.05, 3.63) is 30.3 Å². The van der Waals surface area contributed by atoms with Crippen molar-refractivity contribution in [2.75, 3.05) is 13.2 Å². The Morgan fingerprint density at radius 3 is 2.72 bits per heavy atom. The SMILES string of the molecule is NC(=O)C1CCCN1C(=O)COc1ccccc1. The molecule has 1 heterocycles. The number of nitrogens with zero attached hydrogens (tertiary/aromatic N) is 1. The van der Waals surface area contributed by atoms with Gasteiger partial charge in [0.15, 0.2) is 6.61 Å². The molecule has 0 bridgehead atoms. The molecule has 1 fully saturated rings. The zero-order valence-corrected chi connectivity index (χ0v) is 10.0. The van der Waals surface area contributed by atoms with Gasteiger partial charge >= 0.3 is 0 Å². The van der Waals surface area contributed by atoms with Gasteiger partial charge in [0.2, 0.25) is 5.91 Å². The summed E-state index contributed by atoms with van der Waals surface area (Å²) in [5.41, 5.74) is 5.26. The lowest BCUT2D eigenvalue weighted by atomic mass is 10.2. The van der Waals surface area contributed by atoms with Gasteiger partial charge in [-0.05, 0) is 25.0 Å². The van der Waals surface area contributed by atoms with Crippen LogP contribution in [0.25, 0.3) is 0 Å². The highest BCUT2D eigenvalue weighted by Crippen LogP contribution is 2.17. The predicted molar refractivity (Wildman–Crippen MR) is 65.9 cm³/mol. The number of rotatable bonds is 4. The van der Waals surface area contributed by atoms with Crippen LogP contribution in [-0.2, 0) is 9.59 Å². The summed E-state index contributed by atoms with van der Waals surface area (Å²) in [5, 5.41) is 0. The zero-order chi connectivity index (χ0) is 13.0. The third kappa shape index (κ3) is 2.80. The molecule has 1 saturated heterocycles. The lowest BCUT2D eigenvalue weighted by molar-refractivity contribution is -0.138. The van der Waals surface area contributed by atoms with Gasteiger partial charge in [-0.3, -0.25) is 9.59 Å². The Hall–Kier alpha value is -2.04. The molecular weight excluding hydrogens is 232 g/mol. The van der Waals surface area contributed by atoms with Crippen molar-refractivity contribution < 1.29 is 14.3 Å². The Kier molecular flexibility index (Phi) is 3.82. The van der Waals surface area contributed by atoms with Gasteiger partial charge in [-0.1, -0.05) is 18.2 Å². The molecule has 0 aromatic heterocycles. The molecule has 0 spiro atoms. The van der Waals surface area contributed by atoms with Crippen LogP contribution < -0.4 is 10.5 Å². The molecule has 96 valence electrons. The van der Waals surface area contributed by atoms with Crippen LogP contribution in [0.2, 0.25) is 0 Å². The van der Waals surface area contributed by atoms with Crippen molar-refractivity contribution in [3.63, 3.8) is 0 Å². The van der Waals surface area contributed by atoms with Crippen molar-refractivity contribution in [2.45, 2.75) is 18.9 Å². The molecular formula is C13H16N2O3. The average Bonchev–Trinajstić information content (AvgIpc) is 2.86. The van der Waals surface area contributed by atoms with Crippen LogP contribution in [0.5, 0.6) is 5.75 Å². The van der Waals surface area contributed by atoms with Crippen LogP contribution in [0.3, 0.4) is 0 Å². The molecule has 0 radical (unpaired) electrons. The van der Waals surface area contributed by atoms with Crippen molar-refractivity contribution in [1.82, 2.24) is 4.90 Å². The summed E-state index contributed by atoms with van der Waals surface area (Å²) in [6.07, 6.45) is 1.46. The predicted octanol–water partition coefficient (Wildman–Crippen LogP) is 0.542. The quantitative estimate of drug-likeness (QED) is 0.845. The molecule has 1 aromatic rings. The molecule has 1 unspecified atom stereocenters. The third-order valence-corrected chi connectivity index (χ3v) is 3.01. The molecule has 2 N–H and O–H groups in total. The van der Waals surface area contributed by atoms with E-state index in [-0.39, 0.29) is 12.5 Å². The highest BCUT2D eigenvalue weighted by Gasteiger charge is 2.32. The summed E-state index contributed by atoms with van der Waals surface area (Å²) in [6, 6.07) is 8.63. The molecule has 1 atom stereocenters. The summed E-state index contributed by atoms with van der Waals surface area (Å²) < 4.78 is 5.36. The first-order valence-electron chi connectivity index (χ1n) is 5.95. The van der Waals surface area contributed by atoms with E-state index in [9.17, 15) is 9.59 Å². The summed E-state index contributed by atoms with van der Waals surface area (Å²) >= 11 is 0. The molecule has 1 aliphatic heterocycles. The number of carbonyl (C=O) groups is 2. The summed E-state index contributed by atoms with van der Waals surface area (Å²) in [5.74, 6) is 0.00128.